The summed E-state index contributed by atoms with van der Waals surface area (Å²) in [7, 11) is 0. The number of aromatic amines is 1. The zero-order chi connectivity index (χ0) is 31.9. The largest absolute Gasteiger partial charge is 0.487 e. The Bertz CT molecular complexity index is 1850. The predicted octanol–water partition coefficient (Wildman–Crippen LogP) is 0.319. The van der Waals surface area contributed by atoms with Crippen LogP contribution in [0.5, 0.6) is 5.75 Å². The molecule has 3 aromatic heterocycles. The molecule has 10 N–H and O–H groups in total. The number of tetrazole rings is 1. The lowest BCUT2D eigenvalue weighted by atomic mass is 10.0. The Labute approximate surface area is 253 Å². The first-order valence-corrected chi connectivity index (χ1v) is 13.4. The van der Waals surface area contributed by atoms with Crippen molar-refractivity contribution in [2.75, 3.05) is 23.7 Å². The quantitative estimate of drug-likeness (QED) is 0.0736. The molecule has 0 saturated heterocycles. The first-order chi connectivity index (χ1) is 21.7. The highest BCUT2D eigenvalue weighted by atomic mass is 16.5. The number of hydrogen-bond acceptors (Lipinski definition) is 14. The van der Waals surface area contributed by atoms with Crippen LogP contribution in [0, 0.1) is 0 Å². The number of benzene rings is 2. The summed E-state index contributed by atoms with van der Waals surface area (Å²) in [5.41, 5.74) is 19.6. The second-order valence-corrected chi connectivity index (χ2v) is 9.62. The van der Waals surface area contributed by atoms with Gasteiger partial charge in [0.15, 0.2) is 17.0 Å². The van der Waals surface area contributed by atoms with Gasteiger partial charge in [-0.15, -0.1) is 10.2 Å². The van der Waals surface area contributed by atoms with Crippen molar-refractivity contribution in [3.8, 4) is 17.1 Å². The zero-order valence-electron chi connectivity index (χ0n) is 23.5. The fraction of sp³-hybridized carbons (Fsp3) is 0.185. The molecule has 18 nitrogen and oxygen atoms in total. The third kappa shape index (κ3) is 7.31. The Morgan fingerprint density at radius 3 is 2.53 bits per heavy atom. The van der Waals surface area contributed by atoms with Crippen LogP contribution in [0.3, 0.4) is 0 Å². The molecule has 2 amide bonds. The molecule has 0 unspecified atom stereocenters. The van der Waals surface area contributed by atoms with E-state index in [9.17, 15) is 19.5 Å². The molecular weight excluding hydrogens is 586 g/mol. The van der Waals surface area contributed by atoms with E-state index < -0.39 is 23.8 Å². The van der Waals surface area contributed by atoms with Gasteiger partial charge in [0.25, 0.3) is 11.8 Å². The van der Waals surface area contributed by atoms with Crippen LogP contribution in [0.4, 0.5) is 17.5 Å². The number of rotatable bonds is 12. The van der Waals surface area contributed by atoms with Crippen molar-refractivity contribution in [3.63, 3.8) is 0 Å². The van der Waals surface area contributed by atoms with E-state index in [-0.39, 0.29) is 60.4 Å². The minimum Gasteiger partial charge on any atom is -0.487 e. The highest BCUT2D eigenvalue weighted by Crippen LogP contribution is 2.22. The predicted molar refractivity (Wildman–Crippen MR) is 159 cm³/mol. The Morgan fingerprint density at radius 2 is 1.80 bits per heavy atom. The Hall–Kier alpha value is -6.46. The molecule has 0 aliphatic carbocycles. The number of carbonyl (C=O) groups excluding carboxylic acids is 2. The summed E-state index contributed by atoms with van der Waals surface area (Å²) in [5.74, 6) is -1.49. The van der Waals surface area contributed by atoms with E-state index in [2.05, 4.69) is 51.2 Å². The average Bonchev–Trinajstić information content (AvgIpc) is 3.56. The van der Waals surface area contributed by atoms with Crippen LogP contribution in [-0.2, 0) is 11.4 Å². The van der Waals surface area contributed by atoms with Gasteiger partial charge in [-0.3, -0.25) is 9.59 Å². The summed E-state index contributed by atoms with van der Waals surface area (Å²) in [6.45, 7) is 0.197. The van der Waals surface area contributed by atoms with Gasteiger partial charge in [0, 0.05) is 23.4 Å². The van der Waals surface area contributed by atoms with E-state index in [1.165, 1.54) is 24.4 Å². The standard InChI is InChI=1S/C27H27N13O5/c28-14-5-8-17(18(10-14)22-37-39-40-38-22)25(42)31-9-1-2-19(26(43)44)34-24(41)13-3-6-16(7-4-13)45-12-15-11-32-23-20(33-15)21(29)35-27(30)36-23/h3-8,10-11,19H,1-2,9,12,28H2,(H,31,42)(H,34,41)(H,43,44)(H,37,38,39,40)(H4,29,30,32,35,36)/t19-/m0/s1. The summed E-state index contributed by atoms with van der Waals surface area (Å²) >= 11 is 0. The number of nitrogen functional groups attached to an aromatic ring is 3. The van der Waals surface area contributed by atoms with Crippen molar-refractivity contribution < 1.29 is 24.2 Å². The molecule has 5 rings (SSSR count). The number of fused-ring (bicyclic) bond motifs is 1. The number of amides is 2. The first-order valence-electron chi connectivity index (χ1n) is 13.4. The topological polar surface area (TPSA) is 289 Å². The van der Waals surface area contributed by atoms with E-state index in [4.69, 9.17) is 21.9 Å². The number of aliphatic carboxylic acids is 1. The van der Waals surface area contributed by atoms with Gasteiger partial charge in [0.2, 0.25) is 11.8 Å². The number of hydrogen-bond donors (Lipinski definition) is 7. The van der Waals surface area contributed by atoms with Gasteiger partial charge in [-0.25, -0.2) is 14.8 Å². The Kier molecular flexibility index (Phi) is 8.83. The molecule has 1 atom stereocenters. The molecule has 0 spiro atoms. The highest BCUT2D eigenvalue weighted by molar-refractivity contribution is 6.00. The number of carboxylic acids is 1. The van der Waals surface area contributed by atoms with Gasteiger partial charge in [-0.05, 0) is 60.5 Å². The fourth-order valence-electron chi connectivity index (χ4n) is 4.24. The maximum atomic E-state index is 12.8. The number of ether oxygens (including phenoxy) is 1. The van der Waals surface area contributed by atoms with Crippen LogP contribution in [0.1, 0.15) is 39.3 Å². The zero-order valence-corrected chi connectivity index (χ0v) is 23.5. The number of nitrogens with one attached hydrogen (secondary N) is 3. The number of anilines is 3. The van der Waals surface area contributed by atoms with Gasteiger partial charge >= 0.3 is 5.97 Å². The van der Waals surface area contributed by atoms with Gasteiger partial charge in [-0.2, -0.15) is 15.2 Å². The summed E-state index contributed by atoms with van der Waals surface area (Å²) in [5, 5.41) is 28.5. The van der Waals surface area contributed by atoms with E-state index in [0.717, 1.165) is 0 Å². The normalized spacial score (nSPS) is 11.6. The molecule has 230 valence electrons. The van der Waals surface area contributed by atoms with E-state index in [0.29, 0.717) is 28.2 Å². The van der Waals surface area contributed by atoms with Crippen molar-refractivity contribution in [2.24, 2.45) is 0 Å². The minimum absolute atomic E-state index is 0.00646. The molecule has 0 saturated carbocycles. The second-order valence-electron chi connectivity index (χ2n) is 9.62. The molecule has 45 heavy (non-hydrogen) atoms. The van der Waals surface area contributed by atoms with Crippen LogP contribution in [0.2, 0.25) is 0 Å². The molecular formula is C27H27N13O5. The SMILES string of the molecule is Nc1ccc(C(=O)NCCC[C@H](NC(=O)c2ccc(OCc3cnc4nc(N)nc(N)c4n3)cc2)C(=O)O)c(-c2nn[nH]n2)c1. The van der Waals surface area contributed by atoms with Crippen molar-refractivity contribution in [1.82, 2.24) is 51.2 Å². The highest BCUT2D eigenvalue weighted by Gasteiger charge is 2.21. The third-order valence-electron chi connectivity index (χ3n) is 6.44. The number of nitrogens with zero attached hydrogens (tertiary/aromatic N) is 7. The Balaban J connectivity index is 1.11. The molecule has 0 fully saturated rings. The number of aromatic nitrogens is 8. The van der Waals surface area contributed by atoms with Crippen LogP contribution < -0.4 is 32.6 Å². The lowest BCUT2D eigenvalue weighted by Gasteiger charge is -2.15. The number of carboxylic acid groups (broad SMARTS) is 1. The van der Waals surface area contributed by atoms with Crippen LogP contribution in [-0.4, -0.2) is 76.0 Å². The van der Waals surface area contributed by atoms with E-state index in [1.54, 1.807) is 24.3 Å². The van der Waals surface area contributed by atoms with E-state index >= 15 is 0 Å². The fourth-order valence-corrected chi connectivity index (χ4v) is 4.24. The molecule has 0 radical (unpaired) electrons. The van der Waals surface area contributed by atoms with Gasteiger partial charge in [0.1, 0.15) is 18.4 Å². The van der Waals surface area contributed by atoms with Crippen molar-refractivity contribution in [1.29, 1.82) is 0 Å². The second kappa shape index (κ2) is 13.2. The van der Waals surface area contributed by atoms with Crippen molar-refractivity contribution in [3.05, 3.63) is 65.5 Å². The summed E-state index contributed by atoms with van der Waals surface area (Å²) in [6, 6.07) is 9.59. The van der Waals surface area contributed by atoms with Gasteiger partial charge in [-0.1, -0.05) is 0 Å². The number of H-pyrrole nitrogens is 1. The lowest BCUT2D eigenvalue weighted by molar-refractivity contribution is -0.139. The monoisotopic (exact) mass is 613 g/mol. The smallest absolute Gasteiger partial charge is 0.326 e. The van der Waals surface area contributed by atoms with Crippen LogP contribution in [0.25, 0.3) is 22.6 Å². The maximum Gasteiger partial charge on any atom is 0.326 e. The maximum absolute atomic E-state index is 12.8. The number of carbonyl (C=O) groups is 3. The lowest BCUT2D eigenvalue weighted by Crippen LogP contribution is -2.41. The van der Waals surface area contributed by atoms with E-state index in [1.807, 2.05) is 0 Å². The van der Waals surface area contributed by atoms with Crippen molar-refractivity contribution in [2.45, 2.75) is 25.5 Å². The number of nitrogens with two attached hydrogens (primary N) is 3. The molecule has 5 aromatic rings. The Morgan fingerprint density at radius 1 is 1.00 bits per heavy atom. The third-order valence-corrected chi connectivity index (χ3v) is 6.44. The van der Waals surface area contributed by atoms with Gasteiger partial charge in [0.05, 0.1) is 17.5 Å². The first kappa shape index (κ1) is 30.0. The van der Waals surface area contributed by atoms with Crippen molar-refractivity contribution >= 4 is 46.4 Å². The molecule has 0 aliphatic heterocycles. The summed E-state index contributed by atoms with van der Waals surface area (Å²) in [4.78, 5) is 53.8. The van der Waals surface area contributed by atoms with Crippen LogP contribution >= 0.6 is 0 Å². The average molecular weight is 614 g/mol. The molecule has 0 bridgehead atoms. The van der Waals surface area contributed by atoms with Gasteiger partial charge < -0.3 is 37.7 Å². The molecule has 3 heterocycles. The van der Waals surface area contributed by atoms with Crippen LogP contribution in [0.15, 0.2) is 48.7 Å². The molecule has 2 aromatic carbocycles. The minimum atomic E-state index is -1.21. The molecule has 18 heteroatoms. The summed E-state index contributed by atoms with van der Waals surface area (Å²) < 4.78 is 5.72. The summed E-state index contributed by atoms with van der Waals surface area (Å²) in [6.07, 6.45) is 1.81. The molecule has 0 aliphatic rings.